The molecule has 1 aromatic heterocycles. The van der Waals surface area contributed by atoms with E-state index in [2.05, 4.69) is 5.32 Å². The van der Waals surface area contributed by atoms with Crippen LogP contribution in [0.15, 0.2) is 47.7 Å². The predicted molar refractivity (Wildman–Crippen MR) is 121 cm³/mol. The highest BCUT2D eigenvalue weighted by Crippen LogP contribution is 2.42. The van der Waals surface area contributed by atoms with Crippen molar-refractivity contribution in [1.29, 1.82) is 0 Å². The van der Waals surface area contributed by atoms with Crippen LogP contribution in [0.5, 0.6) is 0 Å². The fraction of sp³-hybridized carbons (Fsp3) is 0.375. The van der Waals surface area contributed by atoms with Crippen molar-refractivity contribution >= 4 is 17.5 Å². The molecule has 0 saturated carbocycles. The second-order valence-electron chi connectivity index (χ2n) is 8.26. The fourth-order valence-electron chi connectivity index (χ4n) is 4.44. The van der Waals surface area contributed by atoms with E-state index < -0.39 is 17.8 Å². The molecule has 2 aliphatic rings. The van der Waals surface area contributed by atoms with E-state index >= 15 is 0 Å². The molecule has 0 aliphatic carbocycles. The van der Waals surface area contributed by atoms with Gasteiger partial charge in [0.25, 0.3) is 5.91 Å². The van der Waals surface area contributed by atoms with Crippen LogP contribution in [0.1, 0.15) is 28.7 Å². The molecule has 0 radical (unpaired) electrons. The first-order valence-electron chi connectivity index (χ1n) is 10.7. The van der Waals surface area contributed by atoms with Gasteiger partial charge >= 0.3 is 6.18 Å². The molecule has 2 aromatic rings. The third kappa shape index (κ3) is 4.82. The Morgan fingerprint density at radius 2 is 1.82 bits per heavy atom. The maximum Gasteiger partial charge on any atom is 0.431 e. The molecule has 0 spiro atoms. The van der Waals surface area contributed by atoms with Gasteiger partial charge in [-0.3, -0.25) is 4.79 Å². The fourth-order valence-corrected chi connectivity index (χ4v) is 4.57. The van der Waals surface area contributed by atoms with Gasteiger partial charge in [-0.2, -0.15) is 13.2 Å². The summed E-state index contributed by atoms with van der Waals surface area (Å²) < 4.78 is 49.6. The van der Waals surface area contributed by atoms with Crippen LogP contribution < -0.4 is 5.32 Å². The molecule has 0 unspecified atom stereocenters. The van der Waals surface area contributed by atoms with Gasteiger partial charge in [-0.15, -0.1) is 0 Å². The summed E-state index contributed by atoms with van der Waals surface area (Å²) in [6.45, 7) is 5.03. The van der Waals surface area contributed by atoms with Crippen LogP contribution in [-0.2, 0) is 17.5 Å². The number of allylic oxidation sites excluding steroid dienone is 2. The number of morpholine rings is 1. The number of rotatable bonds is 4. The van der Waals surface area contributed by atoms with E-state index in [0.717, 1.165) is 15.7 Å². The second kappa shape index (κ2) is 9.27. The van der Waals surface area contributed by atoms with Crippen LogP contribution in [-0.4, -0.2) is 48.2 Å². The highest BCUT2D eigenvalue weighted by Gasteiger charge is 2.42. The maximum atomic E-state index is 14.4. The summed E-state index contributed by atoms with van der Waals surface area (Å²) in [4.78, 5) is 15.3. The zero-order chi connectivity index (χ0) is 23.8. The number of hydrogen-bond donors (Lipinski definition) is 1. The van der Waals surface area contributed by atoms with Gasteiger partial charge in [-0.1, -0.05) is 29.8 Å². The Morgan fingerprint density at radius 1 is 1.15 bits per heavy atom. The van der Waals surface area contributed by atoms with E-state index in [-0.39, 0.29) is 23.4 Å². The van der Waals surface area contributed by atoms with E-state index in [1.165, 1.54) is 6.92 Å². The lowest BCUT2D eigenvalue weighted by atomic mass is 10.00. The molecule has 3 heterocycles. The number of carbonyl (C=O) groups is 1. The number of amides is 1. The predicted octanol–water partition coefficient (Wildman–Crippen LogP) is 5.04. The average molecular weight is 480 g/mol. The number of dihydropyridines is 1. The number of carbonyl (C=O) groups excluding carboxylic acids is 1. The molecule has 2 aliphatic heterocycles. The van der Waals surface area contributed by atoms with E-state index in [1.54, 1.807) is 29.2 Å². The second-order valence-corrected chi connectivity index (χ2v) is 8.70. The molecule has 1 aromatic carbocycles. The van der Waals surface area contributed by atoms with Crippen molar-refractivity contribution in [3.63, 3.8) is 0 Å². The van der Waals surface area contributed by atoms with Crippen molar-refractivity contribution in [2.24, 2.45) is 0 Å². The Labute approximate surface area is 195 Å². The smallest absolute Gasteiger partial charge is 0.387 e. The van der Waals surface area contributed by atoms with Gasteiger partial charge in [0.2, 0.25) is 0 Å². The normalized spacial score (nSPS) is 16.8. The van der Waals surface area contributed by atoms with Crippen molar-refractivity contribution in [2.45, 2.75) is 26.6 Å². The highest BCUT2D eigenvalue weighted by atomic mass is 35.5. The van der Waals surface area contributed by atoms with Gasteiger partial charge in [-0.05, 0) is 54.5 Å². The van der Waals surface area contributed by atoms with Crippen molar-refractivity contribution in [3.05, 3.63) is 69.7 Å². The SMILES string of the molecule is CC1=CNCC(Cn2c(C(=O)N3CCOCC3)c(-c3ccc(Cl)cc3)c(C)c2C(F)(F)F)=C1. The van der Waals surface area contributed by atoms with Crippen molar-refractivity contribution in [3.8, 4) is 11.1 Å². The van der Waals surface area contributed by atoms with E-state index in [9.17, 15) is 18.0 Å². The van der Waals surface area contributed by atoms with Crippen LogP contribution in [0.2, 0.25) is 5.02 Å². The molecule has 0 atom stereocenters. The van der Waals surface area contributed by atoms with E-state index in [0.29, 0.717) is 43.4 Å². The maximum absolute atomic E-state index is 14.4. The number of nitrogens with zero attached hydrogens (tertiary/aromatic N) is 2. The molecule has 1 saturated heterocycles. The van der Waals surface area contributed by atoms with Crippen molar-refractivity contribution in [2.75, 3.05) is 32.8 Å². The first-order chi connectivity index (χ1) is 15.7. The molecule has 1 fully saturated rings. The molecule has 176 valence electrons. The third-order valence-electron chi connectivity index (χ3n) is 5.86. The first-order valence-corrected chi connectivity index (χ1v) is 11.1. The first kappa shape index (κ1) is 23.4. The Kier molecular flexibility index (Phi) is 6.59. The minimum absolute atomic E-state index is 0.0260. The number of alkyl halides is 3. The van der Waals surface area contributed by atoms with Crippen LogP contribution in [0.25, 0.3) is 11.1 Å². The van der Waals surface area contributed by atoms with Crippen molar-refractivity contribution < 1.29 is 22.7 Å². The van der Waals surface area contributed by atoms with Crippen LogP contribution >= 0.6 is 11.6 Å². The molecule has 4 rings (SSSR count). The minimum atomic E-state index is -4.64. The Balaban J connectivity index is 1.95. The molecule has 9 heteroatoms. The number of ether oxygens (including phenoxy) is 1. The number of halogens is 4. The largest absolute Gasteiger partial charge is 0.431 e. The lowest BCUT2D eigenvalue weighted by Gasteiger charge is -2.28. The quantitative estimate of drug-likeness (QED) is 0.668. The van der Waals surface area contributed by atoms with Crippen LogP contribution in [0.3, 0.4) is 0 Å². The Morgan fingerprint density at radius 3 is 2.42 bits per heavy atom. The number of nitrogens with one attached hydrogen (secondary N) is 1. The monoisotopic (exact) mass is 479 g/mol. The summed E-state index contributed by atoms with van der Waals surface area (Å²) in [6.07, 6.45) is -0.965. The number of benzene rings is 1. The zero-order valence-electron chi connectivity index (χ0n) is 18.4. The molecule has 5 nitrogen and oxygen atoms in total. The molecular weight excluding hydrogens is 455 g/mol. The molecule has 33 heavy (non-hydrogen) atoms. The molecule has 1 N–H and O–H groups in total. The topological polar surface area (TPSA) is 46.5 Å². The number of hydrogen-bond acceptors (Lipinski definition) is 3. The van der Waals surface area contributed by atoms with E-state index in [1.807, 2.05) is 19.2 Å². The minimum Gasteiger partial charge on any atom is -0.387 e. The average Bonchev–Trinajstić information content (AvgIpc) is 3.06. The summed E-state index contributed by atoms with van der Waals surface area (Å²) in [5, 5.41) is 3.55. The summed E-state index contributed by atoms with van der Waals surface area (Å²) in [6, 6.07) is 6.54. The summed E-state index contributed by atoms with van der Waals surface area (Å²) in [7, 11) is 0. The van der Waals surface area contributed by atoms with Crippen molar-refractivity contribution in [1.82, 2.24) is 14.8 Å². The summed E-state index contributed by atoms with van der Waals surface area (Å²) >= 11 is 6.02. The third-order valence-corrected chi connectivity index (χ3v) is 6.11. The van der Waals surface area contributed by atoms with Gasteiger partial charge in [-0.25, -0.2) is 0 Å². The molecular formula is C24H25ClF3N3O2. The zero-order valence-corrected chi connectivity index (χ0v) is 19.2. The molecule has 0 bridgehead atoms. The molecule has 1 amide bonds. The highest BCUT2D eigenvalue weighted by molar-refractivity contribution is 6.30. The van der Waals surface area contributed by atoms with Crippen LogP contribution in [0.4, 0.5) is 13.2 Å². The van der Waals surface area contributed by atoms with Gasteiger partial charge in [0.15, 0.2) is 0 Å². The van der Waals surface area contributed by atoms with Gasteiger partial charge in [0.1, 0.15) is 11.4 Å². The van der Waals surface area contributed by atoms with Gasteiger partial charge in [0.05, 0.1) is 13.2 Å². The van der Waals surface area contributed by atoms with Gasteiger partial charge < -0.3 is 19.5 Å². The Hall–Kier alpha value is -2.71. The summed E-state index contributed by atoms with van der Waals surface area (Å²) in [5.41, 5.74) is 1.73. The standard InChI is InChI=1S/C24H25ClF3N3O2/c1-15-11-17(13-29-12-15)14-31-21(23(32)30-7-9-33-10-8-30)20(16(2)22(31)24(26,27)28)18-3-5-19(25)6-4-18/h3-6,11-12,29H,7-10,13-14H2,1-2H3. The summed E-state index contributed by atoms with van der Waals surface area (Å²) in [5.74, 6) is -0.432. The lowest BCUT2D eigenvalue weighted by molar-refractivity contribution is -0.143. The van der Waals surface area contributed by atoms with Gasteiger partial charge in [0, 0.05) is 36.8 Å². The number of aromatic nitrogens is 1. The Bertz CT molecular complexity index is 1110. The lowest BCUT2D eigenvalue weighted by Crippen LogP contribution is -2.42. The van der Waals surface area contributed by atoms with Crippen LogP contribution in [0, 0.1) is 6.92 Å². The van der Waals surface area contributed by atoms with E-state index in [4.69, 9.17) is 16.3 Å².